The predicted octanol–water partition coefficient (Wildman–Crippen LogP) is 1.64. The van der Waals surface area contributed by atoms with Gasteiger partial charge in [0, 0.05) is 18.7 Å². The molecule has 0 spiro atoms. The summed E-state index contributed by atoms with van der Waals surface area (Å²) in [7, 11) is -7.89. The number of primary sulfonamides is 1. The highest BCUT2D eigenvalue weighted by Crippen LogP contribution is 2.27. The third kappa shape index (κ3) is 4.12. The second-order valence-electron chi connectivity index (χ2n) is 6.45. The van der Waals surface area contributed by atoms with Gasteiger partial charge in [-0.05, 0) is 24.3 Å². The highest BCUT2D eigenvalue weighted by atomic mass is 32.2. The molecule has 0 bridgehead atoms. The summed E-state index contributed by atoms with van der Waals surface area (Å²) in [6.45, 7) is -1.43. The van der Waals surface area contributed by atoms with Crippen molar-refractivity contribution in [3.05, 3.63) is 58.9 Å². The minimum absolute atomic E-state index is 0.0320. The van der Waals surface area contributed by atoms with Crippen LogP contribution in [0.25, 0.3) is 0 Å². The molecular weight excluding hydrogens is 457 g/mol. The first kappa shape index (κ1) is 22.4. The van der Waals surface area contributed by atoms with Crippen LogP contribution >= 0.6 is 0 Å². The molecule has 1 heterocycles. The van der Waals surface area contributed by atoms with Crippen LogP contribution in [0.15, 0.2) is 29.2 Å². The number of rotatable bonds is 4. The number of hydrogen-bond donors (Lipinski definition) is 1. The number of benzene rings is 2. The quantitative estimate of drug-likeness (QED) is 0.415. The predicted molar refractivity (Wildman–Crippen MR) is 95.6 cm³/mol. The Hall–Kier alpha value is -2.29. The average Bonchev–Trinajstić information content (AvgIpc) is 2.68. The summed E-state index contributed by atoms with van der Waals surface area (Å²) in [5.41, 5.74) is -1.06. The molecule has 2 N–H and O–H groups in total. The topological polar surface area (TPSA) is 101 Å². The first-order valence-electron chi connectivity index (χ1n) is 8.19. The lowest BCUT2D eigenvalue weighted by atomic mass is 10.1. The zero-order chi connectivity index (χ0) is 22.4. The molecule has 0 unspecified atom stereocenters. The second-order valence-corrected chi connectivity index (χ2v) is 10.0. The Bertz CT molecular complexity index is 1180. The summed E-state index contributed by atoms with van der Waals surface area (Å²) in [6, 6.07) is 4.48. The summed E-state index contributed by atoms with van der Waals surface area (Å²) in [6.07, 6.45) is 0. The van der Waals surface area contributed by atoms with Gasteiger partial charge in [0.15, 0.2) is 23.3 Å². The van der Waals surface area contributed by atoms with Crippen molar-refractivity contribution in [3.63, 3.8) is 0 Å². The zero-order valence-electron chi connectivity index (χ0n) is 14.9. The van der Waals surface area contributed by atoms with Gasteiger partial charge in [0.1, 0.15) is 0 Å². The molecule has 2 aromatic rings. The third-order valence-electron chi connectivity index (χ3n) is 4.47. The van der Waals surface area contributed by atoms with Gasteiger partial charge in [0.05, 0.1) is 23.0 Å². The molecule has 14 heteroatoms. The Morgan fingerprint density at radius 3 is 1.90 bits per heavy atom. The molecule has 3 rings (SSSR count). The molecule has 2 aromatic carbocycles. The largest absolute Gasteiger partial charge is 0.280 e. The Labute approximate surface area is 168 Å². The molecule has 164 valence electrons. The van der Waals surface area contributed by atoms with Crippen LogP contribution in [-0.2, 0) is 26.6 Å². The highest BCUT2D eigenvalue weighted by Gasteiger charge is 2.33. The summed E-state index contributed by atoms with van der Waals surface area (Å²) in [5, 5.41) is 4.98. The molecular formula is C16H14F5N3O4S2. The molecule has 0 radical (unpaired) electrons. The van der Waals surface area contributed by atoms with Gasteiger partial charge in [-0.2, -0.15) is 0 Å². The van der Waals surface area contributed by atoms with Crippen molar-refractivity contribution in [2.24, 2.45) is 5.14 Å². The summed E-state index contributed by atoms with van der Waals surface area (Å²) < 4.78 is 116. The minimum atomic E-state index is -4.02. The standard InChI is InChI=1S/C16H14F5N3O4S2/c17-12-11(13(18)15(20)16(21)14(12)19)7-23-5-6-29(25,26)24(8-23)9-1-3-10(4-2-9)30(22,27)28/h1-4H,5-8H2,(H2,22,27,28). The number of nitrogens with zero attached hydrogens (tertiary/aromatic N) is 2. The summed E-state index contributed by atoms with van der Waals surface area (Å²) in [4.78, 5) is 0.909. The smallest absolute Gasteiger partial charge is 0.238 e. The van der Waals surface area contributed by atoms with Crippen molar-refractivity contribution >= 4 is 25.7 Å². The SMILES string of the molecule is NS(=O)(=O)c1ccc(N2CN(Cc3c(F)c(F)c(F)c(F)c3F)CCS2(=O)=O)cc1. The lowest BCUT2D eigenvalue weighted by Gasteiger charge is -2.36. The fourth-order valence-electron chi connectivity index (χ4n) is 2.88. The maximum atomic E-state index is 13.9. The average molecular weight is 471 g/mol. The van der Waals surface area contributed by atoms with Gasteiger partial charge in [-0.1, -0.05) is 0 Å². The normalized spacial score (nSPS) is 17.3. The molecule has 0 saturated carbocycles. The van der Waals surface area contributed by atoms with Gasteiger partial charge in [-0.25, -0.2) is 43.9 Å². The van der Waals surface area contributed by atoms with Crippen molar-refractivity contribution in [1.82, 2.24) is 4.90 Å². The Kier molecular flexibility index (Phi) is 5.79. The van der Waals surface area contributed by atoms with Crippen molar-refractivity contribution in [1.29, 1.82) is 0 Å². The van der Waals surface area contributed by atoms with E-state index in [0.717, 1.165) is 16.4 Å². The van der Waals surface area contributed by atoms with Crippen LogP contribution < -0.4 is 9.44 Å². The lowest BCUT2D eigenvalue weighted by molar-refractivity contribution is 0.263. The van der Waals surface area contributed by atoms with E-state index in [1.54, 1.807) is 0 Å². The molecule has 0 atom stereocenters. The third-order valence-corrected chi connectivity index (χ3v) is 7.09. The molecule has 0 aliphatic carbocycles. The van der Waals surface area contributed by atoms with Crippen molar-refractivity contribution < 1.29 is 38.8 Å². The van der Waals surface area contributed by atoms with Gasteiger partial charge < -0.3 is 0 Å². The van der Waals surface area contributed by atoms with E-state index in [-0.39, 0.29) is 17.1 Å². The van der Waals surface area contributed by atoms with E-state index >= 15 is 0 Å². The number of halogens is 5. The lowest BCUT2D eigenvalue weighted by Crippen LogP contribution is -2.50. The monoisotopic (exact) mass is 471 g/mol. The molecule has 7 nitrogen and oxygen atoms in total. The number of nitrogens with two attached hydrogens (primary N) is 1. The van der Waals surface area contributed by atoms with Crippen LogP contribution in [0.3, 0.4) is 0 Å². The maximum Gasteiger partial charge on any atom is 0.238 e. The van der Waals surface area contributed by atoms with Gasteiger partial charge in [-0.15, -0.1) is 0 Å². The van der Waals surface area contributed by atoms with E-state index in [1.807, 2.05) is 0 Å². The summed E-state index contributed by atoms with van der Waals surface area (Å²) >= 11 is 0. The second kappa shape index (κ2) is 7.76. The first-order chi connectivity index (χ1) is 13.8. The van der Waals surface area contributed by atoms with Gasteiger partial charge in [-0.3, -0.25) is 9.21 Å². The highest BCUT2D eigenvalue weighted by molar-refractivity contribution is 7.92. The van der Waals surface area contributed by atoms with E-state index in [1.165, 1.54) is 17.0 Å². The van der Waals surface area contributed by atoms with Gasteiger partial charge >= 0.3 is 0 Å². The molecule has 1 fully saturated rings. The summed E-state index contributed by atoms with van der Waals surface area (Å²) in [5.74, 6) is -11.0. The molecule has 1 aliphatic rings. The number of anilines is 1. The van der Waals surface area contributed by atoms with Crippen LogP contribution in [0.2, 0.25) is 0 Å². The molecule has 0 amide bonds. The Morgan fingerprint density at radius 1 is 0.900 bits per heavy atom. The van der Waals surface area contributed by atoms with Gasteiger partial charge in [0.25, 0.3) is 0 Å². The van der Waals surface area contributed by atoms with Crippen LogP contribution in [0, 0.1) is 29.1 Å². The minimum Gasteiger partial charge on any atom is -0.280 e. The van der Waals surface area contributed by atoms with E-state index < -0.39 is 73.7 Å². The molecule has 1 aliphatic heterocycles. The van der Waals surface area contributed by atoms with Crippen LogP contribution in [0.4, 0.5) is 27.6 Å². The van der Waals surface area contributed by atoms with E-state index in [0.29, 0.717) is 0 Å². The van der Waals surface area contributed by atoms with Crippen molar-refractivity contribution in [2.75, 3.05) is 23.3 Å². The van der Waals surface area contributed by atoms with Crippen molar-refractivity contribution in [2.45, 2.75) is 11.4 Å². The van der Waals surface area contributed by atoms with Crippen LogP contribution in [-0.4, -0.2) is 40.7 Å². The maximum absolute atomic E-state index is 13.9. The Morgan fingerprint density at radius 2 is 1.40 bits per heavy atom. The first-order valence-corrected chi connectivity index (χ1v) is 11.3. The fraction of sp³-hybridized carbons (Fsp3) is 0.250. The Balaban J connectivity index is 1.91. The van der Waals surface area contributed by atoms with Gasteiger partial charge in [0.2, 0.25) is 25.9 Å². The molecule has 1 saturated heterocycles. The van der Waals surface area contributed by atoms with E-state index in [4.69, 9.17) is 5.14 Å². The van der Waals surface area contributed by atoms with E-state index in [2.05, 4.69) is 0 Å². The van der Waals surface area contributed by atoms with Crippen LogP contribution in [0.1, 0.15) is 5.56 Å². The van der Waals surface area contributed by atoms with Crippen molar-refractivity contribution in [3.8, 4) is 0 Å². The zero-order valence-corrected chi connectivity index (χ0v) is 16.6. The van der Waals surface area contributed by atoms with E-state index in [9.17, 15) is 38.8 Å². The fourth-order valence-corrected chi connectivity index (χ4v) is 4.89. The number of sulfonamides is 2. The molecule has 30 heavy (non-hydrogen) atoms. The van der Waals surface area contributed by atoms with Crippen LogP contribution in [0.5, 0.6) is 0 Å². The molecule has 0 aromatic heterocycles. The number of hydrogen-bond acceptors (Lipinski definition) is 5.